The Hall–Kier alpha value is -3.34. The molecule has 0 unspecified atom stereocenters. The van der Waals surface area contributed by atoms with Crippen LogP contribution in [0, 0.1) is 0 Å². The second-order valence-corrected chi connectivity index (χ2v) is 5.35. The molecule has 0 aliphatic rings. The van der Waals surface area contributed by atoms with Crippen molar-refractivity contribution in [2.24, 2.45) is 0 Å². The summed E-state index contributed by atoms with van der Waals surface area (Å²) < 4.78 is 0. The first-order valence-corrected chi connectivity index (χ1v) is 7.33. The number of benzene rings is 2. The van der Waals surface area contributed by atoms with Crippen LogP contribution in [0.4, 0.5) is 0 Å². The van der Waals surface area contributed by atoms with Crippen molar-refractivity contribution in [3.8, 4) is 11.3 Å². The number of aromatic amines is 1. The molecule has 3 aromatic heterocycles. The highest BCUT2D eigenvalue weighted by Crippen LogP contribution is 2.33. The van der Waals surface area contributed by atoms with Crippen LogP contribution in [0.5, 0.6) is 0 Å². The number of rotatable bonds is 1. The van der Waals surface area contributed by atoms with Crippen molar-refractivity contribution in [2.45, 2.75) is 0 Å². The maximum atomic E-state index is 4.46. The smallest absolute Gasteiger partial charge is 0.181 e. The Morgan fingerprint density at radius 3 is 2.61 bits per heavy atom. The summed E-state index contributed by atoms with van der Waals surface area (Å²) in [7, 11) is 0. The lowest BCUT2D eigenvalue weighted by Gasteiger charge is -2.05. The lowest BCUT2D eigenvalue weighted by molar-refractivity contribution is 1.15. The zero-order valence-electron chi connectivity index (χ0n) is 12.1. The third kappa shape index (κ3) is 1.73. The first kappa shape index (κ1) is 12.2. The molecule has 23 heavy (non-hydrogen) atoms. The molecule has 5 nitrogen and oxygen atoms in total. The lowest BCUT2D eigenvalue weighted by atomic mass is 10.1. The van der Waals surface area contributed by atoms with Crippen LogP contribution in [-0.4, -0.2) is 24.9 Å². The molecule has 1 N–H and O–H groups in total. The molecule has 5 aromatic rings. The predicted octanol–water partition coefficient (Wildman–Crippen LogP) is 3.72. The van der Waals surface area contributed by atoms with E-state index < -0.39 is 0 Å². The SMILES string of the molecule is c1ccc2c(c1)[nH]c1c(-c3ncnc4nccnc34)cccc12. The van der Waals surface area contributed by atoms with E-state index in [2.05, 4.69) is 43.1 Å². The van der Waals surface area contributed by atoms with Gasteiger partial charge in [0.05, 0.1) is 5.52 Å². The molecular formula is C18H11N5. The van der Waals surface area contributed by atoms with Gasteiger partial charge in [0.15, 0.2) is 5.65 Å². The number of aromatic nitrogens is 5. The van der Waals surface area contributed by atoms with E-state index in [0.717, 1.165) is 22.3 Å². The maximum absolute atomic E-state index is 4.46. The molecule has 108 valence electrons. The second-order valence-electron chi connectivity index (χ2n) is 5.35. The molecule has 0 fully saturated rings. The van der Waals surface area contributed by atoms with Crippen molar-refractivity contribution in [1.82, 2.24) is 24.9 Å². The third-order valence-corrected chi connectivity index (χ3v) is 4.07. The Labute approximate surface area is 131 Å². The molecule has 5 rings (SSSR count). The number of nitrogens with one attached hydrogen (secondary N) is 1. The molecular weight excluding hydrogens is 286 g/mol. The highest BCUT2D eigenvalue weighted by molar-refractivity contribution is 6.12. The van der Waals surface area contributed by atoms with Crippen molar-refractivity contribution in [1.29, 1.82) is 0 Å². The Bertz CT molecular complexity index is 1170. The summed E-state index contributed by atoms with van der Waals surface area (Å²) in [5.74, 6) is 0. The van der Waals surface area contributed by atoms with E-state index in [1.54, 1.807) is 12.4 Å². The Morgan fingerprint density at radius 1 is 0.739 bits per heavy atom. The highest BCUT2D eigenvalue weighted by Gasteiger charge is 2.13. The van der Waals surface area contributed by atoms with Gasteiger partial charge in [0.2, 0.25) is 0 Å². The Morgan fingerprint density at radius 2 is 1.61 bits per heavy atom. The lowest BCUT2D eigenvalue weighted by Crippen LogP contribution is -1.93. The van der Waals surface area contributed by atoms with Crippen molar-refractivity contribution in [3.05, 3.63) is 61.2 Å². The molecule has 0 aliphatic carbocycles. The molecule has 5 heteroatoms. The van der Waals surface area contributed by atoms with E-state index in [4.69, 9.17) is 0 Å². The van der Waals surface area contributed by atoms with Crippen LogP contribution in [0.25, 0.3) is 44.2 Å². The van der Waals surface area contributed by atoms with Crippen molar-refractivity contribution < 1.29 is 0 Å². The number of hydrogen-bond donors (Lipinski definition) is 1. The molecule has 0 saturated carbocycles. The molecule has 0 saturated heterocycles. The fraction of sp³-hybridized carbons (Fsp3) is 0. The zero-order chi connectivity index (χ0) is 15.2. The summed E-state index contributed by atoms with van der Waals surface area (Å²) in [6, 6.07) is 14.5. The quantitative estimate of drug-likeness (QED) is 0.512. The van der Waals surface area contributed by atoms with Gasteiger partial charge in [-0.3, -0.25) is 0 Å². The van der Waals surface area contributed by atoms with Crippen LogP contribution in [0.2, 0.25) is 0 Å². The highest BCUT2D eigenvalue weighted by atomic mass is 14.9. The molecule has 0 aliphatic heterocycles. The topological polar surface area (TPSA) is 67.3 Å². The number of hydrogen-bond acceptors (Lipinski definition) is 4. The minimum absolute atomic E-state index is 0.602. The van der Waals surface area contributed by atoms with E-state index >= 15 is 0 Å². The number of fused-ring (bicyclic) bond motifs is 4. The standard InChI is InChI=1S/C18H11N5/c1-2-7-14-11(4-1)12-5-3-6-13(15(12)23-14)16-17-18(22-10-21-16)20-9-8-19-17/h1-10,23H. The van der Waals surface area contributed by atoms with Gasteiger partial charge >= 0.3 is 0 Å². The summed E-state index contributed by atoms with van der Waals surface area (Å²) in [6.07, 6.45) is 4.84. The predicted molar refractivity (Wildman–Crippen MR) is 89.9 cm³/mol. The molecule has 3 heterocycles. The minimum atomic E-state index is 0.602. The zero-order valence-corrected chi connectivity index (χ0v) is 12.1. The first-order valence-electron chi connectivity index (χ1n) is 7.33. The summed E-state index contributed by atoms with van der Waals surface area (Å²) >= 11 is 0. The van der Waals surface area contributed by atoms with Crippen LogP contribution in [0.1, 0.15) is 0 Å². The van der Waals surface area contributed by atoms with Gasteiger partial charge in [-0.15, -0.1) is 0 Å². The van der Waals surface area contributed by atoms with Crippen molar-refractivity contribution in [2.75, 3.05) is 0 Å². The van der Waals surface area contributed by atoms with E-state index in [1.807, 2.05) is 24.3 Å². The van der Waals surface area contributed by atoms with Crippen LogP contribution in [-0.2, 0) is 0 Å². The monoisotopic (exact) mass is 297 g/mol. The minimum Gasteiger partial charge on any atom is -0.354 e. The Kier molecular flexibility index (Phi) is 2.43. The van der Waals surface area contributed by atoms with Gasteiger partial charge in [0, 0.05) is 34.2 Å². The first-order chi connectivity index (χ1) is 11.4. The summed E-state index contributed by atoms with van der Waals surface area (Å²) in [5.41, 5.74) is 5.28. The normalized spacial score (nSPS) is 11.5. The number of para-hydroxylation sites is 2. The van der Waals surface area contributed by atoms with Gasteiger partial charge in [-0.1, -0.05) is 36.4 Å². The van der Waals surface area contributed by atoms with Gasteiger partial charge in [-0.2, -0.15) is 0 Å². The average molecular weight is 297 g/mol. The molecule has 0 spiro atoms. The van der Waals surface area contributed by atoms with Gasteiger partial charge in [-0.05, 0) is 6.07 Å². The van der Waals surface area contributed by atoms with Crippen molar-refractivity contribution in [3.63, 3.8) is 0 Å². The molecule has 0 radical (unpaired) electrons. The van der Waals surface area contributed by atoms with E-state index in [-0.39, 0.29) is 0 Å². The summed E-state index contributed by atoms with van der Waals surface area (Å²) in [4.78, 5) is 20.8. The van der Waals surface area contributed by atoms with Crippen LogP contribution >= 0.6 is 0 Å². The number of H-pyrrole nitrogens is 1. The second kappa shape index (κ2) is 4.58. The van der Waals surface area contributed by atoms with Gasteiger partial charge in [0.1, 0.15) is 17.5 Å². The maximum Gasteiger partial charge on any atom is 0.181 e. The van der Waals surface area contributed by atoms with E-state index in [9.17, 15) is 0 Å². The fourth-order valence-corrected chi connectivity index (χ4v) is 3.06. The van der Waals surface area contributed by atoms with Crippen molar-refractivity contribution >= 4 is 33.0 Å². The fourth-order valence-electron chi connectivity index (χ4n) is 3.06. The summed E-state index contributed by atoms with van der Waals surface area (Å²) in [5, 5.41) is 2.38. The molecule has 0 bridgehead atoms. The van der Waals surface area contributed by atoms with Crippen LogP contribution < -0.4 is 0 Å². The van der Waals surface area contributed by atoms with Gasteiger partial charge < -0.3 is 4.98 Å². The van der Waals surface area contributed by atoms with E-state index in [1.165, 1.54) is 17.1 Å². The largest absolute Gasteiger partial charge is 0.354 e. The summed E-state index contributed by atoms with van der Waals surface area (Å²) in [6.45, 7) is 0. The average Bonchev–Trinajstić information content (AvgIpc) is 3.00. The van der Waals surface area contributed by atoms with Crippen LogP contribution in [0.15, 0.2) is 61.2 Å². The van der Waals surface area contributed by atoms with Crippen LogP contribution in [0.3, 0.4) is 0 Å². The molecule has 0 amide bonds. The van der Waals surface area contributed by atoms with E-state index in [0.29, 0.717) is 11.2 Å². The van der Waals surface area contributed by atoms with Gasteiger partial charge in [-0.25, -0.2) is 19.9 Å². The Balaban J connectivity index is 1.93. The van der Waals surface area contributed by atoms with Gasteiger partial charge in [0.25, 0.3) is 0 Å². The molecule has 2 aromatic carbocycles. The third-order valence-electron chi connectivity index (χ3n) is 4.07. The number of nitrogens with zero attached hydrogens (tertiary/aromatic N) is 4. The molecule has 0 atom stereocenters.